The van der Waals surface area contributed by atoms with Crippen molar-refractivity contribution in [2.24, 2.45) is 5.84 Å². The van der Waals surface area contributed by atoms with Gasteiger partial charge in [-0.15, -0.1) is 15.3 Å². The number of halogens is 3. The van der Waals surface area contributed by atoms with E-state index in [9.17, 15) is 18.3 Å². The molecule has 0 radical (unpaired) electrons. The van der Waals surface area contributed by atoms with Gasteiger partial charge in [-0.2, -0.15) is 4.52 Å². The zero-order chi connectivity index (χ0) is 19.1. The van der Waals surface area contributed by atoms with Crippen LogP contribution in [-0.2, 0) is 6.42 Å². The van der Waals surface area contributed by atoms with Crippen molar-refractivity contribution in [1.29, 1.82) is 0 Å². The van der Waals surface area contributed by atoms with Crippen LogP contribution in [0, 0.1) is 17.5 Å². The summed E-state index contributed by atoms with van der Waals surface area (Å²) in [5.41, 5.74) is 0.372. The summed E-state index contributed by atoms with van der Waals surface area (Å²) in [7, 11) is 0. The van der Waals surface area contributed by atoms with Crippen LogP contribution in [0.3, 0.4) is 0 Å². The van der Waals surface area contributed by atoms with Gasteiger partial charge in [0.2, 0.25) is 10.1 Å². The van der Waals surface area contributed by atoms with E-state index in [1.165, 1.54) is 28.8 Å². The lowest BCUT2D eigenvalue weighted by atomic mass is 10.1. The lowest BCUT2D eigenvalue weighted by molar-refractivity contribution is 0.432. The summed E-state index contributed by atoms with van der Waals surface area (Å²) in [6, 6.07) is 7.61. The summed E-state index contributed by atoms with van der Waals surface area (Å²) in [6.45, 7) is 0. The highest BCUT2D eigenvalue weighted by Gasteiger charge is 2.20. The van der Waals surface area contributed by atoms with Gasteiger partial charge >= 0.3 is 0 Å². The number of phenols is 1. The Morgan fingerprint density at radius 1 is 1.11 bits per heavy atom. The van der Waals surface area contributed by atoms with Gasteiger partial charge in [0.1, 0.15) is 0 Å². The van der Waals surface area contributed by atoms with Gasteiger partial charge in [0, 0.05) is 6.42 Å². The molecule has 0 aliphatic carbocycles. The van der Waals surface area contributed by atoms with E-state index in [4.69, 9.17) is 5.84 Å². The number of anilines is 2. The van der Waals surface area contributed by atoms with Crippen LogP contribution < -0.4 is 10.9 Å². The van der Waals surface area contributed by atoms with Crippen LogP contribution in [-0.4, -0.2) is 24.9 Å². The Labute approximate surface area is 154 Å². The summed E-state index contributed by atoms with van der Waals surface area (Å²) in [5.74, 6) is 2.96. The van der Waals surface area contributed by atoms with Crippen molar-refractivity contribution in [2.45, 2.75) is 6.42 Å². The smallest absolute Gasteiger partial charge is 0.236 e. The Morgan fingerprint density at radius 3 is 2.70 bits per heavy atom. The quantitative estimate of drug-likeness (QED) is 0.410. The Balaban J connectivity index is 1.67. The second kappa shape index (κ2) is 6.52. The van der Waals surface area contributed by atoms with E-state index >= 15 is 0 Å². The number of fused-ring (bicyclic) bond motifs is 1. The zero-order valence-corrected chi connectivity index (χ0v) is 14.3. The Hall–Kier alpha value is -3.18. The maximum Gasteiger partial charge on any atom is 0.236 e. The van der Waals surface area contributed by atoms with Gasteiger partial charge in [-0.3, -0.25) is 0 Å². The van der Waals surface area contributed by atoms with Crippen LogP contribution in [0.5, 0.6) is 5.75 Å². The molecule has 138 valence electrons. The van der Waals surface area contributed by atoms with Crippen LogP contribution in [0.25, 0.3) is 4.96 Å². The number of nitrogens with two attached hydrogens (primary N) is 1. The molecule has 0 spiro atoms. The maximum absolute atomic E-state index is 13.9. The molecule has 0 atom stereocenters. The van der Waals surface area contributed by atoms with Crippen molar-refractivity contribution >= 4 is 27.1 Å². The lowest BCUT2D eigenvalue weighted by Crippen LogP contribution is -2.26. The molecule has 11 heteroatoms. The fraction of sp³-hybridized carbons (Fsp3) is 0.0625. The van der Waals surface area contributed by atoms with Crippen LogP contribution in [0.2, 0.25) is 0 Å². The highest BCUT2D eigenvalue weighted by Crippen LogP contribution is 2.30. The van der Waals surface area contributed by atoms with E-state index in [1.807, 2.05) is 0 Å². The molecule has 4 aromatic rings. The third kappa shape index (κ3) is 3.06. The zero-order valence-electron chi connectivity index (χ0n) is 13.5. The molecule has 0 aliphatic rings. The number of benzene rings is 2. The van der Waals surface area contributed by atoms with E-state index < -0.39 is 23.2 Å². The normalized spacial score (nSPS) is 11.3. The van der Waals surface area contributed by atoms with Crippen LogP contribution in [0.1, 0.15) is 11.4 Å². The van der Waals surface area contributed by atoms with Gasteiger partial charge in [-0.25, -0.2) is 24.0 Å². The molecular formula is C16H11F3N6OS. The molecule has 0 bridgehead atoms. The second-order valence-corrected chi connectivity index (χ2v) is 6.54. The number of hydrogen-bond donors (Lipinski definition) is 2. The average molecular weight is 392 g/mol. The molecule has 4 rings (SSSR count). The number of aromatic hydroxyl groups is 1. The topological polar surface area (TPSA) is 92.6 Å². The molecule has 7 nitrogen and oxygen atoms in total. The highest BCUT2D eigenvalue weighted by molar-refractivity contribution is 7.20. The SMILES string of the molecule is NN(c1nn2c(Cc3ccc(O)c(F)c3)nnc2s1)c1cccc(F)c1F. The molecule has 3 N–H and O–H groups in total. The predicted octanol–water partition coefficient (Wildman–Crippen LogP) is 2.91. The lowest BCUT2D eigenvalue weighted by Gasteiger charge is -2.15. The largest absolute Gasteiger partial charge is 0.505 e. The number of rotatable bonds is 4. The molecule has 0 amide bonds. The summed E-state index contributed by atoms with van der Waals surface area (Å²) >= 11 is 1.03. The van der Waals surface area contributed by atoms with Crippen molar-refractivity contribution in [2.75, 3.05) is 5.01 Å². The summed E-state index contributed by atoms with van der Waals surface area (Å²) in [4.78, 5) is 0.381. The summed E-state index contributed by atoms with van der Waals surface area (Å²) in [6.07, 6.45) is 0.195. The minimum absolute atomic E-state index is 0.169. The van der Waals surface area contributed by atoms with Gasteiger partial charge in [-0.1, -0.05) is 23.5 Å². The van der Waals surface area contributed by atoms with Gasteiger partial charge < -0.3 is 5.11 Å². The van der Waals surface area contributed by atoms with E-state index in [1.54, 1.807) is 6.07 Å². The highest BCUT2D eigenvalue weighted by atomic mass is 32.1. The number of aromatic nitrogens is 4. The molecule has 0 saturated heterocycles. The van der Waals surface area contributed by atoms with Gasteiger partial charge in [0.25, 0.3) is 0 Å². The number of hydrazine groups is 1. The van der Waals surface area contributed by atoms with Crippen LogP contribution >= 0.6 is 11.3 Å². The van der Waals surface area contributed by atoms with E-state index in [0.717, 1.165) is 22.4 Å². The second-order valence-electron chi connectivity index (χ2n) is 5.60. The molecular weight excluding hydrogens is 381 g/mol. The third-order valence-corrected chi connectivity index (χ3v) is 4.71. The van der Waals surface area contributed by atoms with E-state index in [2.05, 4.69) is 15.3 Å². The van der Waals surface area contributed by atoms with Gasteiger partial charge in [0.15, 0.2) is 29.0 Å². The van der Waals surface area contributed by atoms with E-state index in [0.29, 0.717) is 16.3 Å². The Morgan fingerprint density at radius 2 is 1.93 bits per heavy atom. The van der Waals surface area contributed by atoms with Gasteiger partial charge in [-0.05, 0) is 29.8 Å². The van der Waals surface area contributed by atoms with Crippen molar-refractivity contribution in [3.8, 4) is 5.75 Å². The fourth-order valence-corrected chi connectivity index (χ4v) is 3.28. The molecule has 0 saturated carbocycles. The van der Waals surface area contributed by atoms with Crippen LogP contribution in [0.15, 0.2) is 36.4 Å². The summed E-state index contributed by atoms with van der Waals surface area (Å²) < 4.78 is 42.2. The van der Waals surface area contributed by atoms with Crippen molar-refractivity contribution in [1.82, 2.24) is 19.8 Å². The first kappa shape index (κ1) is 17.2. The Kier molecular flexibility index (Phi) is 4.16. The van der Waals surface area contributed by atoms with Crippen molar-refractivity contribution in [3.63, 3.8) is 0 Å². The molecule has 27 heavy (non-hydrogen) atoms. The molecule has 0 aliphatic heterocycles. The first-order valence-corrected chi connectivity index (χ1v) is 8.43. The summed E-state index contributed by atoms with van der Waals surface area (Å²) in [5, 5.41) is 22.5. The maximum atomic E-state index is 13.9. The number of nitrogens with zero attached hydrogens (tertiary/aromatic N) is 5. The average Bonchev–Trinajstić information content (AvgIpc) is 3.22. The fourth-order valence-electron chi connectivity index (χ4n) is 2.48. The molecule has 2 heterocycles. The number of hydrogen-bond acceptors (Lipinski definition) is 7. The molecule has 0 fully saturated rings. The monoisotopic (exact) mass is 392 g/mol. The van der Waals surface area contributed by atoms with E-state index in [-0.39, 0.29) is 17.2 Å². The third-order valence-electron chi connectivity index (χ3n) is 3.82. The first-order valence-electron chi connectivity index (χ1n) is 7.61. The minimum Gasteiger partial charge on any atom is -0.505 e. The first-order chi connectivity index (χ1) is 12.9. The molecule has 2 aromatic carbocycles. The van der Waals surface area contributed by atoms with Gasteiger partial charge in [0.05, 0.1) is 5.69 Å². The molecule has 2 aromatic heterocycles. The Bertz CT molecular complexity index is 1140. The van der Waals surface area contributed by atoms with Crippen molar-refractivity contribution in [3.05, 3.63) is 65.2 Å². The molecule has 0 unspecified atom stereocenters. The van der Waals surface area contributed by atoms with Crippen molar-refractivity contribution < 1.29 is 18.3 Å². The minimum atomic E-state index is -1.09. The van der Waals surface area contributed by atoms with Crippen LogP contribution in [0.4, 0.5) is 24.0 Å². The predicted molar refractivity (Wildman–Crippen MR) is 92.2 cm³/mol. The number of phenolic OH excluding ortho intramolecular Hbond substituents is 1. The standard InChI is InChI=1S/C16H11F3N6OS/c17-9-2-1-3-11(14(9)19)24(20)16-23-25-13(21-22-15(25)27-16)7-8-4-5-12(26)10(18)6-8/h1-6,26H,7,20H2.